The van der Waals surface area contributed by atoms with Crippen LogP contribution in [-0.2, 0) is 0 Å². The van der Waals surface area contributed by atoms with Crippen molar-refractivity contribution in [3.05, 3.63) is 40.4 Å². The second-order valence-corrected chi connectivity index (χ2v) is 8.51. The summed E-state index contributed by atoms with van der Waals surface area (Å²) >= 11 is 0. The molecule has 4 nitrogen and oxygen atoms in total. The molecule has 25 heavy (non-hydrogen) atoms. The monoisotopic (exact) mass is 345 g/mol. The highest BCUT2D eigenvalue weighted by Gasteiger charge is 2.51. The van der Waals surface area contributed by atoms with Crippen molar-refractivity contribution in [1.82, 2.24) is 0 Å². The van der Waals surface area contributed by atoms with E-state index in [0.717, 1.165) is 36.8 Å². The van der Waals surface area contributed by atoms with Crippen molar-refractivity contribution in [3.8, 4) is 0 Å². The van der Waals surface area contributed by atoms with Crippen LogP contribution < -0.4 is 0 Å². The maximum absolute atomic E-state index is 11.1. The predicted molar refractivity (Wildman–Crippen MR) is 100.0 cm³/mol. The van der Waals surface area contributed by atoms with Gasteiger partial charge < -0.3 is 10.2 Å². The first kappa shape index (κ1) is 18.5. The van der Waals surface area contributed by atoms with Gasteiger partial charge in [0, 0.05) is 6.42 Å². The highest BCUT2D eigenvalue weighted by Crippen LogP contribution is 2.58. The van der Waals surface area contributed by atoms with Crippen molar-refractivity contribution in [2.45, 2.75) is 77.0 Å². The summed E-state index contributed by atoms with van der Waals surface area (Å²) in [7, 11) is 0. The van der Waals surface area contributed by atoms with Crippen molar-refractivity contribution in [3.63, 3.8) is 0 Å². The van der Waals surface area contributed by atoms with Crippen molar-refractivity contribution in [2.75, 3.05) is 0 Å². The molecule has 0 heterocycles. The Morgan fingerprint density at radius 3 is 2.80 bits per heavy atom. The Morgan fingerprint density at radius 1 is 1.32 bits per heavy atom. The van der Waals surface area contributed by atoms with E-state index in [1.807, 2.05) is 6.92 Å². The second-order valence-electron chi connectivity index (χ2n) is 8.51. The largest absolute Gasteiger partial charge is 0.393 e. The molecule has 4 heteroatoms. The SMILES string of the molecule is C=C1C(=CC=C2CCC[C@]3(C)[C@@H](C(C)N=O)CC[C@@H]23)C[C@@H](O)C[C@@H]1O. The van der Waals surface area contributed by atoms with Gasteiger partial charge in [-0.25, -0.2) is 0 Å². The average Bonchev–Trinajstić information content (AvgIpc) is 2.93. The summed E-state index contributed by atoms with van der Waals surface area (Å²) in [5, 5.41) is 23.3. The lowest BCUT2D eigenvalue weighted by Gasteiger charge is -2.43. The van der Waals surface area contributed by atoms with Gasteiger partial charge in [0.15, 0.2) is 0 Å². The zero-order valence-corrected chi connectivity index (χ0v) is 15.4. The molecule has 0 aromatic heterocycles. The molecule has 3 aliphatic carbocycles. The summed E-state index contributed by atoms with van der Waals surface area (Å²) < 4.78 is 0. The minimum Gasteiger partial charge on any atom is -0.393 e. The van der Waals surface area contributed by atoms with E-state index in [0.29, 0.717) is 24.7 Å². The number of nitrogens with zero attached hydrogens (tertiary/aromatic N) is 1. The highest BCUT2D eigenvalue weighted by molar-refractivity contribution is 5.38. The Kier molecular flexibility index (Phi) is 5.31. The van der Waals surface area contributed by atoms with Gasteiger partial charge in [0.25, 0.3) is 0 Å². The minimum absolute atomic E-state index is 0.115. The summed E-state index contributed by atoms with van der Waals surface area (Å²) in [6.45, 7) is 8.29. The summed E-state index contributed by atoms with van der Waals surface area (Å²) in [5.74, 6) is 0.888. The van der Waals surface area contributed by atoms with Crippen molar-refractivity contribution < 1.29 is 10.2 Å². The maximum Gasteiger partial charge on any atom is 0.0925 e. The average molecular weight is 345 g/mol. The van der Waals surface area contributed by atoms with Crippen LogP contribution >= 0.6 is 0 Å². The molecule has 6 atom stereocenters. The lowest BCUT2D eigenvalue weighted by atomic mass is 9.62. The first-order valence-corrected chi connectivity index (χ1v) is 9.64. The van der Waals surface area contributed by atoms with Crippen molar-refractivity contribution >= 4 is 0 Å². The Balaban J connectivity index is 1.83. The number of aliphatic hydroxyl groups is 2. The van der Waals surface area contributed by atoms with Gasteiger partial charge >= 0.3 is 0 Å². The summed E-state index contributed by atoms with van der Waals surface area (Å²) in [5.41, 5.74) is 3.31. The van der Waals surface area contributed by atoms with Crippen LogP contribution in [0.2, 0.25) is 0 Å². The zero-order chi connectivity index (χ0) is 18.2. The van der Waals surface area contributed by atoms with Crippen LogP contribution in [0.3, 0.4) is 0 Å². The molecule has 138 valence electrons. The summed E-state index contributed by atoms with van der Waals surface area (Å²) in [4.78, 5) is 11.1. The van der Waals surface area contributed by atoms with E-state index >= 15 is 0 Å². The first-order valence-electron chi connectivity index (χ1n) is 9.64. The molecule has 2 N–H and O–H groups in total. The van der Waals surface area contributed by atoms with E-state index in [-0.39, 0.29) is 11.5 Å². The molecule has 3 aliphatic rings. The van der Waals surface area contributed by atoms with Crippen LogP contribution in [0.5, 0.6) is 0 Å². The molecule has 0 aromatic carbocycles. The fourth-order valence-electron chi connectivity index (χ4n) is 5.61. The fourth-order valence-corrected chi connectivity index (χ4v) is 5.61. The van der Waals surface area contributed by atoms with Crippen molar-refractivity contribution in [1.29, 1.82) is 0 Å². The molecular weight excluding hydrogens is 314 g/mol. The molecule has 0 aromatic rings. The van der Waals surface area contributed by atoms with E-state index in [1.165, 1.54) is 12.0 Å². The molecule has 0 spiro atoms. The Hall–Kier alpha value is -1.26. The lowest BCUT2D eigenvalue weighted by Crippen LogP contribution is -2.37. The van der Waals surface area contributed by atoms with Crippen molar-refractivity contribution in [2.24, 2.45) is 22.4 Å². The van der Waals surface area contributed by atoms with Gasteiger partial charge in [-0.05, 0) is 73.8 Å². The quantitative estimate of drug-likeness (QED) is 0.750. The Labute approximate surface area is 150 Å². The van der Waals surface area contributed by atoms with Gasteiger partial charge in [-0.1, -0.05) is 36.4 Å². The number of hydrogen-bond donors (Lipinski definition) is 2. The predicted octanol–water partition coefficient (Wildman–Crippen LogP) is 4.28. The van der Waals surface area contributed by atoms with E-state index in [1.54, 1.807) is 0 Å². The molecule has 0 amide bonds. The molecule has 0 radical (unpaired) electrons. The molecule has 1 unspecified atom stereocenters. The number of aliphatic hydroxyl groups excluding tert-OH is 2. The standard InChI is InChI=1S/C21H31NO3/c1-13-16(11-17(23)12-20(13)24)7-6-15-5-4-10-21(3)18(14(2)22-25)8-9-19(15)21/h6-7,14,17-20,23-24H,1,4-5,8-12H2,2-3H3/t14?,17-,18-,19+,20+,21-/m1/s1. The molecule has 3 rings (SSSR count). The smallest absolute Gasteiger partial charge is 0.0925 e. The molecule has 0 aliphatic heterocycles. The summed E-state index contributed by atoms with van der Waals surface area (Å²) in [6.07, 6.45) is 9.69. The molecule has 0 bridgehead atoms. The normalized spacial score (nSPS) is 43.3. The zero-order valence-electron chi connectivity index (χ0n) is 15.4. The van der Waals surface area contributed by atoms with Crippen LogP contribution in [0, 0.1) is 22.2 Å². The topological polar surface area (TPSA) is 69.9 Å². The van der Waals surface area contributed by atoms with E-state index in [2.05, 4.69) is 30.8 Å². The third kappa shape index (κ3) is 3.39. The Bertz CT molecular complexity index is 608. The fraction of sp³-hybridized carbons (Fsp3) is 0.714. The third-order valence-corrected chi connectivity index (χ3v) is 7.05. The van der Waals surface area contributed by atoms with E-state index in [4.69, 9.17) is 0 Å². The van der Waals surface area contributed by atoms with Gasteiger partial charge in [0.05, 0.1) is 18.2 Å². The Morgan fingerprint density at radius 2 is 2.08 bits per heavy atom. The molecule has 3 fully saturated rings. The van der Waals surface area contributed by atoms with Crippen LogP contribution in [-0.4, -0.2) is 28.5 Å². The second kappa shape index (κ2) is 7.16. The van der Waals surface area contributed by atoms with Crippen LogP contribution in [0.4, 0.5) is 0 Å². The molecule has 3 saturated carbocycles. The van der Waals surface area contributed by atoms with Crippen LogP contribution in [0.25, 0.3) is 0 Å². The number of rotatable bonds is 3. The lowest BCUT2D eigenvalue weighted by molar-refractivity contribution is 0.0862. The third-order valence-electron chi connectivity index (χ3n) is 7.05. The van der Waals surface area contributed by atoms with E-state index < -0.39 is 12.2 Å². The minimum atomic E-state index is -0.639. The van der Waals surface area contributed by atoms with Crippen LogP contribution in [0.1, 0.15) is 58.8 Å². The first-order chi connectivity index (χ1) is 11.9. The molecular formula is C21H31NO3. The van der Waals surface area contributed by atoms with Gasteiger partial charge in [-0.15, -0.1) is 0 Å². The summed E-state index contributed by atoms with van der Waals surface area (Å²) in [6, 6.07) is -0.115. The van der Waals surface area contributed by atoms with Gasteiger partial charge in [0.1, 0.15) is 0 Å². The number of hydrogen-bond acceptors (Lipinski definition) is 4. The molecule has 0 saturated heterocycles. The number of allylic oxidation sites excluding steroid dienone is 3. The van der Waals surface area contributed by atoms with Gasteiger partial charge in [0.2, 0.25) is 0 Å². The highest BCUT2D eigenvalue weighted by atomic mass is 16.3. The van der Waals surface area contributed by atoms with Gasteiger partial charge in [-0.2, -0.15) is 4.91 Å². The number of fused-ring (bicyclic) bond motifs is 1. The van der Waals surface area contributed by atoms with E-state index in [9.17, 15) is 15.1 Å². The maximum atomic E-state index is 11.1. The van der Waals surface area contributed by atoms with Crippen LogP contribution in [0.15, 0.2) is 40.6 Å². The number of nitroso groups, excluding NO2 is 1. The van der Waals surface area contributed by atoms with Gasteiger partial charge in [-0.3, -0.25) is 0 Å².